The van der Waals surface area contributed by atoms with E-state index in [0.717, 1.165) is 28.1 Å². The average molecular weight is 297 g/mol. The van der Waals surface area contributed by atoms with Crippen molar-refractivity contribution in [2.24, 2.45) is 12.8 Å². The maximum absolute atomic E-state index is 5.70. The number of hydrogen-bond donors (Lipinski definition) is 1. The second kappa shape index (κ2) is 5.14. The molecule has 0 unspecified atom stereocenters. The van der Waals surface area contributed by atoms with Crippen LogP contribution in [-0.2, 0) is 7.05 Å². The fourth-order valence-electron chi connectivity index (χ4n) is 2.28. The average Bonchev–Trinajstić information content (AvgIpc) is 2.88. The van der Waals surface area contributed by atoms with Gasteiger partial charge in [-0.2, -0.15) is 0 Å². The Morgan fingerprint density at radius 2 is 2.10 bits per heavy atom. The van der Waals surface area contributed by atoms with Crippen molar-refractivity contribution in [2.75, 3.05) is 11.9 Å². The molecule has 5 nitrogen and oxygen atoms in total. The molecule has 0 saturated carbocycles. The monoisotopic (exact) mass is 297 g/mol. The first kappa shape index (κ1) is 13.5. The Morgan fingerprint density at radius 3 is 2.86 bits per heavy atom. The van der Waals surface area contributed by atoms with E-state index in [0.29, 0.717) is 4.99 Å². The summed E-state index contributed by atoms with van der Waals surface area (Å²) < 4.78 is 1.97. The molecule has 3 rings (SSSR count). The van der Waals surface area contributed by atoms with E-state index in [9.17, 15) is 0 Å². The van der Waals surface area contributed by atoms with Gasteiger partial charge in [-0.15, -0.1) is 0 Å². The number of aromatic nitrogens is 3. The number of pyridine rings is 1. The van der Waals surface area contributed by atoms with Gasteiger partial charge in [0.25, 0.3) is 0 Å². The zero-order chi connectivity index (χ0) is 15.0. The van der Waals surface area contributed by atoms with Gasteiger partial charge in [0, 0.05) is 31.5 Å². The first-order valence-corrected chi connectivity index (χ1v) is 6.88. The van der Waals surface area contributed by atoms with Crippen molar-refractivity contribution in [1.29, 1.82) is 0 Å². The van der Waals surface area contributed by atoms with Crippen LogP contribution in [0.3, 0.4) is 0 Å². The SMILES string of the molecule is CN(c1cccc(C(N)=S)c1)c1nccc2c1ncn2C. The Kier molecular flexibility index (Phi) is 3.31. The molecule has 0 saturated heterocycles. The predicted molar refractivity (Wildman–Crippen MR) is 88.9 cm³/mol. The summed E-state index contributed by atoms with van der Waals surface area (Å²) in [6.07, 6.45) is 3.57. The van der Waals surface area contributed by atoms with E-state index in [1.54, 1.807) is 12.5 Å². The van der Waals surface area contributed by atoms with E-state index < -0.39 is 0 Å². The van der Waals surface area contributed by atoms with Crippen molar-refractivity contribution in [2.45, 2.75) is 0 Å². The summed E-state index contributed by atoms with van der Waals surface area (Å²) in [6.45, 7) is 0. The second-order valence-corrected chi connectivity index (χ2v) is 5.27. The number of imidazole rings is 1. The molecule has 0 spiro atoms. The molecule has 0 amide bonds. The van der Waals surface area contributed by atoms with Crippen molar-refractivity contribution in [3.05, 3.63) is 48.4 Å². The van der Waals surface area contributed by atoms with Gasteiger partial charge in [-0.3, -0.25) is 0 Å². The first-order valence-electron chi connectivity index (χ1n) is 6.47. The highest BCUT2D eigenvalue weighted by Crippen LogP contribution is 2.28. The lowest BCUT2D eigenvalue weighted by atomic mass is 10.2. The molecule has 0 fully saturated rings. The van der Waals surface area contributed by atoms with Crippen LogP contribution in [0.2, 0.25) is 0 Å². The van der Waals surface area contributed by atoms with Gasteiger partial charge in [-0.25, -0.2) is 9.97 Å². The van der Waals surface area contributed by atoms with E-state index >= 15 is 0 Å². The molecule has 6 heteroatoms. The molecule has 0 bridgehead atoms. The normalized spacial score (nSPS) is 10.8. The number of thiocarbonyl (C=S) groups is 1. The molecule has 0 atom stereocenters. The zero-order valence-corrected chi connectivity index (χ0v) is 12.6. The molecule has 106 valence electrons. The van der Waals surface area contributed by atoms with Crippen molar-refractivity contribution >= 4 is 39.7 Å². The third kappa shape index (κ3) is 2.34. The van der Waals surface area contributed by atoms with Crippen LogP contribution in [0.5, 0.6) is 0 Å². The minimum absolute atomic E-state index is 0.384. The van der Waals surface area contributed by atoms with E-state index in [1.807, 2.05) is 53.9 Å². The van der Waals surface area contributed by atoms with Crippen LogP contribution in [0.4, 0.5) is 11.5 Å². The van der Waals surface area contributed by atoms with Crippen molar-refractivity contribution in [1.82, 2.24) is 14.5 Å². The number of aryl methyl sites for hydroxylation is 1. The van der Waals surface area contributed by atoms with Crippen LogP contribution in [0, 0.1) is 0 Å². The molecule has 0 aliphatic carbocycles. The number of nitrogens with two attached hydrogens (primary N) is 1. The summed E-state index contributed by atoms with van der Waals surface area (Å²) in [5.41, 5.74) is 9.40. The van der Waals surface area contributed by atoms with Gasteiger partial charge in [0.1, 0.15) is 10.5 Å². The summed E-state index contributed by atoms with van der Waals surface area (Å²) in [4.78, 5) is 11.3. The fourth-order valence-corrected chi connectivity index (χ4v) is 2.41. The summed E-state index contributed by atoms with van der Waals surface area (Å²) in [6, 6.07) is 9.72. The molecule has 1 aromatic carbocycles. The molecule has 3 aromatic rings. The minimum atomic E-state index is 0.384. The summed E-state index contributed by atoms with van der Waals surface area (Å²) in [7, 11) is 3.92. The molecule has 0 aliphatic heterocycles. The predicted octanol–water partition coefficient (Wildman–Crippen LogP) is 2.37. The third-order valence-corrected chi connectivity index (χ3v) is 3.70. The molecule has 2 aromatic heterocycles. The van der Waals surface area contributed by atoms with Gasteiger partial charge >= 0.3 is 0 Å². The standard InChI is InChI=1S/C15H15N5S/c1-19-9-18-13-12(19)6-7-17-15(13)20(2)11-5-3-4-10(8-11)14(16)21/h3-9H,1-2H3,(H2,16,21). The fraction of sp³-hybridized carbons (Fsp3) is 0.133. The first-order chi connectivity index (χ1) is 10.1. The third-order valence-electron chi connectivity index (χ3n) is 3.46. The molecule has 2 heterocycles. The minimum Gasteiger partial charge on any atom is -0.389 e. The topological polar surface area (TPSA) is 60.0 Å². The Morgan fingerprint density at radius 1 is 1.29 bits per heavy atom. The Bertz CT molecular complexity index is 824. The smallest absolute Gasteiger partial charge is 0.160 e. The number of benzene rings is 1. The Labute approximate surface area is 128 Å². The van der Waals surface area contributed by atoms with Crippen LogP contribution in [0.15, 0.2) is 42.9 Å². The molecular weight excluding hydrogens is 282 g/mol. The molecule has 21 heavy (non-hydrogen) atoms. The lowest BCUT2D eigenvalue weighted by molar-refractivity contribution is 0.947. The molecule has 0 radical (unpaired) electrons. The van der Waals surface area contributed by atoms with Crippen molar-refractivity contribution < 1.29 is 0 Å². The molecular formula is C15H15N5S. The van der Waals surface area contributed by atoms with Gasteiger partial charge in [0.15, 0.2) is 5.82 Å². The Balaban J connectivity index is 2.10. The van der Waals surface area contributed by atoms with E-state index in [4.69, 9.17) is 18.0 Å². The number of rotatable bonds is 3. The largest absolute Gasteiger partial charge is 0.389 e. The van der Waals surface area contributed by atoms with Crippen molar-refractivity contribution in [3.8, 4) is 0 Å². The van der Waals surface area contributed by atoms with Crippen LogP contribution < -0.4 is 10.6 Å². The van der Waals surface area contributed by atoms with E-state index in [1.165, 1.54) is 0 Å². The van der Waals surface area contributed by atoms with Crippen LogP contribution in [-0.4, -0.2) is 26.6 Å². The zero-order valence-electron chi connectivity index (χ0n) is 11.8. The summed E-state index contributed by atoms with van der Waals surface area (Å²) in [5, 5.41) is 0. The highest BCUT2D eigenvalue weighted by molar-refractivity contribution is 7.80. The van der Waals surface area contributed by atoms with Gasteiger partial charge in [-0.05, 0) is 18.2 Å². The summed E-state index contributed by atoms with van der Waals surface area (Å²) >= 11 is 5.03. The van der Waals surface area contributed by atoms with Crippen molar-refractivity contribution in [3.63, 3.8) is 0 Å². The quantitative estimate of drug-likeness (QED) is 0.752. The van der Waals surface area contributed by atoms with Gasteiger partial charge < -0.3 is 15.2 Å². The van der Waals surface area contributed by atoms with Crippen LogP contribution in [0.25, 0.3) is 11.0 Å². The summed E-state index contributed by atoms with van der Waals surface area (Å²) in [5.74, 6) is 0.799. The van der Waals surface area contributed by atoms with Gasteiger partial charge in [-0.1, -0.05) is 24.4 Å². The maximum atomic E-state index is 5.70. The number of anilines is 2. The lowest BCUT2D eigenvalue weighted by Gasteiger charge is -2.19. The van der Waals surface area contributed by atoms with Crippen LogP contribution >= 0.6 is 12.2 Å². The van der Waals surface area contributed by atoms with Gasteiger partial charge in [0.2, 0.25) is 0 Å². The van der Waals surface area contributed by atoms with E-state index in [-0.39, 0.29) is 0 Å². The lowest BCUT2D eigenvalue weighted by Crippen LogP contribution is -2.14. The number of nitrogens with zero attached hydrogens (tertiary/aromatic N) is 4. The highest BCUT2D eigenvalue weighted by Gasteiger charge is 2.13. The number of fused-ring (bicyclic) bond motifs is 1. The van der Waals surface area contributed by atoms with Crippen LogP contribution in [0.1, 0.15) is 5.56 Å². The highest BCUT2D eigenvalue weighted by atomic mass is 32.1. The number of hydrogen-bond acceptors (Lipinski definition) is 4. The van der Waals surface area contributed by atoms with Gasteiger partial charge in [0.05, 0.1) is 11.8 Å². The second-order valence-electron chi connectivity index (χ2n) is 4.83. The molecule has 2 N–H and O–H groups in total. The molecule has 0 aliphatic rings. The maximum Gasteiger partial charge on any atom is 0.160 e. The van der Waals surface area contributed by atoms with E-state index in [2.05, 4.69) is 9.97 Å². The Hall–Kier alpha value is -2.47.